The number of aromatic nitrogens is 2. The number of ether oxygens (including phenoxy) is 1. The molecule has 2 rings (SSSR count). The van der Waals surface area contributed by atoms with Gasteiger partial charge in [0, 0.05) is 12.8 Å². The highest BCUT2D eigenvalue weighted by atomic mass is 32.2. The van der Waals surface area contributed by atoms with Crippen LogP contribution >= 0.6 is 0 Å². The molecule has 1 aromatic heterocycles. The van der Waals surface area contributed by atoms with E-state index < -0.39 is 9.84 Å². The number of sulfone groups is 1. The van der Waals surface area contributed by atoms with E-state index in [1.54, 1.807) is 17.7 Å². The molecule has 0 saturated carbocycles. The van der Waals surface area contributed by atoms with Crippen LogP contribution in [-0.4, -0.2) is 37.1 Å². The first-order valence-corrected chi connectivity index (χ1v) is 7.45. The van der Waals surface area contributed by atoms with Gasteiger partial charge in [0.2, 0.25) is 5.95 Å². The van der Waals surface area contributed by atoms with Gasteiger partial charge in [-0.1, -0.05) is 6.07 Å². The van der Waals surface area contributed by atoms with E-state index >= 15 is 0 Å². The zero-order valence-electron chi connectivity index (χ0n) is 10.3. The Morgan fingerprint density at radius 1 is 1.44 bits per heavy atom. The summed E-state index contributed by atoms with van der Waals surface area (Å²) in [7, 11) is -1.48. The zero-order chi connectivity index (χ0) is 13.3. The number of aryl methyl sites for hydroxylation is 1. The molecule has 0 amide bonds. The minimum absolute atomic E-state index is 0.0276. The number of fused-ring (bicyclic) bond motifs is 1. The second kappa shape index (κ2) is 4.49. The number of para-hydroxylation sites is 1. The van der Waals surface area contributed by atoms with Crippen LogP contribution in [0.2, 0.25) is 0 Å². The Bertz CT molecular complexity index is 676. The van der Waals surface area contributed by atoms with Crippen molar-refractivity contribution in [2.45, 2.75) is 6.54 Å². The summed E-state index contributed by atoms with van der Waals surface area (Å²) in [6.07, 6.45) is 1.20. The fourth-order valence-corrected chi connectivity index (χ4v) is 2.31. The first-order chi connectivity index (χ1) is 8.42. The Morgan fingerprint density at radius 2 is 2.17 bits per heavy atom. The smallest absolute Gasteiger partial charge is 0.201 e. The maximum Gasteiger partial charge on any atom is 0.201 e. The second-order valence-corrected chi connectivity index (χ2v) is 6.34. The van der Waals surface area contributed by atoms with E-state index in [0.717, 1.165) is 5.52 Å². The molecular formula is C11H15N3O3S. The first kappa shape index (κ1) is 12.7. The van der Waals surface area contributed by atoms with E-state index in [-0.39, 0.29) is 18.2 Å². The van der Waals surface area contributed by atoms with Gasteiger partial charge >= 0.3 is 0 Å². The molecule has 18 heavy (non-hydrogen) atoms. The Hall–Kier alpha value is -1.76. The van der Waals surface area contributed by atoms with Crippen LogP contribution in [-0.2, 0) is 16.4 Å². The number of methoxy groups -OCH3 is 1. The molecule has 2 aromatic rings. The van der Waals surface area contributed by atoms with Gasteiger partial charge in [-0.3, -0.25) is 0 Å². The van der Waals surface area contributed by atoms with Crippen LogP contribution in [0.5, 0.6) is 5.75 Å². The Kier molecular flexibility index (Phi) is 3.16. The van der Waals surface area contributed by atoms with Gasteiger partial charge in [0.15, 0.2) is 0 Å². The molecule has 0 bridgehead atoms. The maximum atomic E-state index is 11.2. The molecule has 0 aliphatic rings. The van der Waals surface area contributed by atoms with Crippen LogP contribution in [0, 0.1) is 0 Å². The van der Waals surface area contributed by atoms with Crippen molar-refractivity contribution in [1.82, 2.24) is 9.55 Å². The Balaban J connectivity index is 2.48. The van der Waals surface area contributed by atoms with Crippen LogP contribution in [0.3, 0.4) is 0 Å². The summed E-state index contributed by atoms with van der Waals surface area (Å²) in [6.45, 7) is 0.286. The molecular weight excluding hydrogens is 254 g/mol. The molecule has 0 atom stereocenters. The lowest BCUT2D eigenvalue weighted by Gasteiger charge is -2.05. The first-order valence-electron chi connectivity index (χ1n) is 5.39. The summed E-state index contributed by atoms with van der Waals surface area (Å²) in [5.41, 5.74) is 7.23. The molecule has 98 valence electrons. The summed E-state index contributed by atoms with van der Waals surface area (Å²) in [4.78, 5) is 4.21. The van der Waals surface area contributed by atoms with Crippen molar-refractivity contribution in [3.8, 4) is 5.75 Å². The SMILES string of the molecule is COc1cccc2c1nc(N)n2CCS(C)(=O)=O. The summed E-state index contributed by atoms with van der Waals surface area (Å²) in [5, 5.41) is 0. The van der Waals surface area contributed by atoms with Gasteiger partial charge in [0.05, 0.1) is 18.4 Å². The highest BCUT2D eigenvalue weighted by molar-refractivity contribution is 7.90. The quantitative estimate of drug-likeness (QED) is 0.881. The normalized spacial score (nSPS) is 11.9. The van der Waals surface area contributed by atoms with E-state index in [4.69, 9.17) is 10.5 Å². The number of rotatable bonds is 4. The van der Waals surface area contributed by atoms with Crippen molar-refractivity contribution in [2.75, 3.05) is 24.9 Å². The topological polar surface area (TPSA) is 87.2 Å². The van der Waals surface area contributed by atoms with E-state index in [2.05, 4.69) is 4.98 Å². The van der Waals surface area contributed by atoms with Crippen LogP contribution in [0.15, 0.2) is 18.2 Å². The highest BCUT2D eigenvalue weighted by Gasteiger charge is 2.13. The average molecular weight is 269 g/mol. The highest BCUT2D eigenvalue weighted by Crippen LogP contribution is 2.26. The van der Waals surface area contributed by atoms with E-state index in [9.17, 15) is 8.42 Å². The number of nitrogens with two attached hydrogens (primary N) is 1. The molecule has 0 unspecified atom stereocenters. The van der Waals surface area contributed by atoms with Crippen LogP contribution in [0.25, 0.3) is 11.0 Å². The number of hydrogen-bond acceptors (Lipinski definition) is 5. The standard InChI is InChI=1S/C11H15N3O3S/c1-17-9-5-3-4-8-10(9)13-11(12)14(8)6-7-18(2,15)16/h3-5H,6-7H2,1-2H3,(H2,12,13). The van der Waals surface area contributed by atoms with Crippen molar-refractivity contribution in [3.63, 3.8) is 0 Å². The summed E-state index contributed by atoms with van der Waals surface area (Å²) in [6, 6.07) is 5.44. The van der Waals surface area contributed by atoms with Gasteiger partial charge < -0.3 is 15.0 Å². The molecule has 0 aliphatic carbocycles. The van der Waals surface area contributed by atoms with Gasteiger partial charge in [0.25, 0.3) is 0 Å². The molecule has 0 fully saturated rings. The molecule has 0 radical (unpaired) electrons. The van der Waals surface area contributed by atoms with Crippen LogP contribution in [0.1, 0.15) is 0 Å². The molecule has 7 heteroatoms. The third kappa shape index (κ3) is 2.40. The average Bonchev–Trinajstić information content (AvgIpc) is 2.61. The molecule has 0 saturated heterocycles. The van der Waals surface area contributed by atoms with Gasteiger partial charge in [-0.25, -0.2) is 13.4 Å². The van der Waals surface area contributed by atoms with Crippen molar-refractivity contribution < 1.29 is 13.2 Å². The van der Waals surface area contributed by atoms with E-state index in [1.165, 1.54) is 6.26 Å². The van der Waals surface area contributed by atoms with Gasteiger partial charge in [0.1, 0.15) is 21.1 Å². The molecule has 0 spiro atoms. The van der Waals surface area contributed by atoms with Crippen molar-refractivity contribution >= 4 is 26.8 Å². The zero-order valence-corrected chi connectivity index (χ0v) is 11.1. The number of benzene rings is 1. The van der Waals surface area contributed by atoms with Crippen molar-refractivity contribution in [3.05, 3.63) is 18.2 Å². The number of imidazole rings is 1. The molecule has 0 aliphatic heterocycles. The Labute approximate surface area is 105 Å². The summed E-state index contributed by atoms with van der Waals surface area (Å²) in [5.74, 6) is 0.940. The third-order valence-corrected chi connectivity index (χ3v) is 3.60. The second-order valence-electron chi connectivity index (χ2n) is 4.08. The fourth-order valence-electron chi connectivity index (χ4n) is 1.80. The maximum absolute atomic E-state index is 11.2. The molecule has 1 heterocycles. The Morgan fingerprint density at radius 3 is 2.78 bits per heavy atom. The fraction of sp³-hybridized carbons (Fsp3) is 0.364. The summed E-state index contributed by atoms with van der Waals surface area (Å²) >= 11 is 0. The van der Waals surface area contributed by atoms with Gasteiger partial charge in [-0.2, -0.15) is 0 Å². The minimum atomic E-state index is -3.04. The van der Waals surface area contributed by atoms with Crippen LogP contribution in [0.4, 0.5) is 5.95 Å². The van der Waals surface area contributed by atoms with Gasteiger partial charge in [-0.15, -0.1) is 0 Å². The molecule has 2 N–H and O–H groups in total. The minimum Gasteiger partial charge on any atom is -0.494 e. The lowest BCUT2D eigenvalue weighted by Crippen LogP contribution is -2.12. The monoisotopic (exact) mass is 269 g/mol. The number of anilines is 1. The largest absolute Gasteiger partial charge is 0.494 e. The lowest BCUT2D eigenvalue weighted by atomic mass is 10.3. The third-order valence-electron chi connectivity index (χ3n) is 2.68. The predicted molar refractivity (Wildman–Crippen MR) is 70.4 cm³/mol. The number of hydrogen-bond donors (Lipinski definition) is 1. The van der Waals surface area contributed by atoms with Crippen molar-refractivity contribution in [1.29, 1.82) is 0 Å². The van der Waals surface area contributed by atoms with Crippen LogP contribution < -0.4 is 10.5 Å². The predicted octanol–water partition coefficient (Wildman–Crippen LogP) is 0.672. The number of nitrogens with zero attached hydrogens (tertiary/aromatic N) is 2. The van der Waals surface area contributed by atoms with Gasteiger partial charge in [-0.05, 0) is 12.1 Å². The number of nitrogen functional groups attached to an aromatic ring is 1. The summed E-state index contributed by atoms with van der Waals surface area (Å²) < 4.78 is 29.3. The van der Waals surface area contributed by atoms with Crippen molar-refractivity contribution in [2.24, 2.45) is 0 Å². The molecule has 1 aromatic carbocycles. The lowest BCUT2D eigenvalue weighted by molar-refractivity contribution is 0.419. The van der Waals surface area contributed by atoms with E-state index in [1.807, 2.05) is 12.1 Å². The molecule has 6 nitrogen and oxygen atoms in total. The van der Waals surface area contributed by atoms with E-state index in [0.29, 0.717) is 11.3 Å².